The number of benzene rings is 2. The van der Waals surface area contributed by atoms with Gasteiger partial charge in [0, 0.05) is 0 Å². The minimum Gasteiger partial charge on any atom is -0.508 e. The second-order valence-electron chi connectivity index (χ2n) is 7.75. The van der Waals surface area contributed by atoms with Crippen LogP contribution < -0.4 is 0 Å². The number of phenols is 2. The van der Waals surface area contributed by atoms with Crippen molar-refractivity contribution in [3.8, 4) is 11.5 Å². The summed E-state index contributed by atoms with van der Waals surface area (Å²) >= 11 is 0. The first-order chi connectivity index (χ1) is 14.1. The van der Waals surface area contributed by atoms with Gasteiger partial charge in [0.05, 0.1) is 0 Å². The minimum absolute atomic E-state index is 0.262. The summed E-state index contributed by atoms with van der Waals surface area (Å²) in [5.41, 5.74) is 7.43. The second-order valence-corrected chi connectivity index (χ2v) is 7.75. The van der Waals surface area contributed by atoms with Crippen molar-refractivity contribution in [2.24, 2.45) is 5.92 Å². The van der Waals surface area contributed by atoms with Gasteiger partial charge in [0.1, 0.15) is 11.5 Å². The van der Waals surface area contributed by atoms with Crippen molar-refractivity contribution in [1.29, 1.82) is 0 Å². The maximum Gasteiger partial charge on any atom is 0.115 e. The smallest absolute Gasteiger partial charge is 0.115 e. The van der Waals surface area contributed by atoms with E-state index in [0.29, 0.717) is 5.92 Å². The first kappa shape index (κ1) is 19.1. The van der Waals surface area contributed by atoms with E-state index in [9.17, 15) is 10.2 Å². The van der Waals surface area contributed by atoms with E-state index in [0.717, 1.165) is 30.4 Å². The molecular weight excluding hydrogens is 356 g/mol. The molecule has 2 aliphatic carbocycles. The van der Waals surface area contributed by atoms with Crippen molar-refractivity contribution in [3.63, 3.8) is 0 Å². The lowest BCUT2D eigenvalue weighted by atomic mass is 9.82. The summed E-state index contributed by atoms with van der Waals surface area (Å²) in [6.45, 7) is 2.30. The molecule has 4 rings (SSSR count). The van der Waals surface area contributed by atoms with Crippen molar-refractivity contribution in [3.05, 3.63) is 113 Å². The summed E-state index contributed by atoms with van der Waals surface area (Å²) in [6, 6.07) is 14.8. The Labute approximate surface area is 172 Å². The zero-order valence-corrected chi connectivity index (χ0v) is 16.7. The fourth-order valence-corrected chi connectivity index (χ4v) is 4.10. The molecule has 0 aromatic heterocycles. The van der Waals surface area contributed by atoms with Gasteiger partial charge in [-0.15, -0.1) is 0 Å². The number of phenolic OH excluding ortho intramolecular Hbond substituents is 2. The molecule has 0 amide bonds. The van der Waals surface area contributed by atoms with Crippen LogP contribution in [0.1, 0.15) is 37.3 Å². The average Bonchev–Trinajstić information content (AvgIpc) is 3.44. The Morgan fingerprint density at radius 1 is 0.793 bits per heavy atom. The summed E-state index contributed by atoms with van der Waals surface area (Å²) in [4.78, 5) is 0. The van der Waals surface area contributed by atoms with Gasteiger partial charge in [-0.3, -0.25) is 0 Å². The van der Waals surface area contributed by atoms with Crippen LogP contribution >= 0.6 is 0 Å². The maximum absolute atomic E-state index is 9.80. The molecule has 2 nitrogen and oxygen atoms in total. The number of aromatic hydroxyl groups is 2. The van der Waals surface area contributed by atoms with Crippen molar-refractivity contribution < 1.29 is 10.2 Å². The normalized spacial score (nSPS) is 15.9. The van der Waals surface area contributed by atoms with E-state index in [1.54, 1.807) is 24.3 Å². The van der Waals surface area contributed by atoms with E-state index in [1.807, 2.05) is 24.3 Å². The summed E-state index contributed by atoms with van der Waals surface area (Å²) < 4.78 is 0. The topological polar surface area (TPSA) is 40.5 Å². The van der Waals surface area contributed by atoms with Crippen molar-refractivity contribution in [2.45, 2.75) is 26.2 Å². The van der Waals surface area contributed by atoms with Gasteiger partial charge in [0.25, 0.3) is 0 Å². The lowest BCUT2D eigenvalue weighted by molar-refractivity contribution is 0.475. The number of rotatable bonds is 6. The summed E-state index contributed by atoms with van der Waals surface area (Å²) in [5, 5.41) is 19.6. The molecule has 2 aromatic carbocycles. The summed E-state index contributed by atoms with van der Waals surface area (Å²) in [5.74, 6) is 0.959. The molecule has 2 aromatic rings. The third kappa shape index (κ3) is 4.27. The summed E-state index contributed by atoms with van der Waals surface area (Å²) in [6.07, 6.45) is 16.0. The van der Waals surface area contributed by atoms with Crippen molar-refractivity contribution in [2.75, 3.05) is 0 Å². The van der Waals surface area contributed by atoms with Crippen LogP contribution in [0.4, 0.5) is 0 Å². The van der Waals surface area contributed by atoms with Crippen LogP contribution in [0.15, 0.2) is 102 Å². The Morgan fingerprint density at radius 2 is 1.34 bits per heavy atom. The predicted octanol–water partition coefficient (Wildman–Crippen LogP) is 6.70. The number of hydrogen-bond acceptors (Lipinski definition) is 2. The molecule has 2 heteroatoms. The first-order valence-electron chi connectivity index (χ1n) is 10.2. The molecule has 2 N–H and O–H groups in total. The fraction of sp³-hybridized carbons (Fsp3) is 0.185. The standard InChI is InChI=1S/C27H26O2/c1-19(20-6-2-3-7-20)18-26(21-8-4-5-9-21)27(22-10-14-24(28)15-11-22)23-12-16-25(29)17-13-23/h2-6,8,10-17,19,28-29H,7,9,18H2,1H3/t19-/m1/s1. The average molecular weight is 383 g/mol. The highest BCUT2D eigenvalue weighted by molar-refractivity contribution is 5.85. The predicted molar refractivity (Wildman–Crippen MR) is 120 cm³/mol. The van der Waals surface area contributed by atoms with Gasteiger partial charge in [-0.25, -0.2) is 0 Å². The van der Waals surface area contributed by atoms with Crippen LogP contribution in [0, 0.1) is 5.92 Å². The monoisotopic (exact) mass is 382 g/mol. The van der Waals surface area contributed by atoms with E-state index in [-0.39, 0.29) is 11.5 Å². The fourth-order valence-electron chi connectivity index (χ4n) is 4.10. The molecule has 29 heavy (non-hydrogen) atoms. The van der Waals surface area contributed by atoms with Crippen LogP contribution in [0.3, 0.4) is 0 Å². The number of hydrogen-bond donors (Lipinski definition) is 2. The second kappa shape index (κ2) is 8.40. The lowest BCUT2D eigenvalue weighted by Gasteiger charge is -2.22. The van der Waals surface area contributed by atoms with Crippen LogP contribution in [0.2, 0.25) is 0 Å². The van der Waals surface area contributed by atoms with Crippen LogP contribution in [-0.4, -0.2) is 10.2 Å². The molecule has 0 saturated carbocycles. The third-order valence-corrected chi connectivity index (χ3v) is 5.72. The third-order valence-electron chi connectivity index (χ3n) is 5.72. The molecule has 0 spiro atoms. The van der Waals surface area contributed by atoms with Gasteiger partial charge < -0.3 is 10.2 Å². The van der Waals surface area contributed by atoms with Crippen LogP contribution in [-0.2, 0) is 0 Å². The van der Waals surface area contributed by atoms with Gasteiger partial charge in [0.2, 0.25) is 0 Å². The molecule has 0 unspecified atom stereocenters. The Bertz CT molecular complexity index is 981. The molecule has 146 valence electrons. The van der Waals surface area contributed by atoms with E-state index in [2.05, 4.69) is 43.4 Å². The zero-order chi connectivity index (χ0) is 20.2. The molecule has 0 bridgehead atoms. The van der Waals surface area contributed by atoms with Gasteiger partial charge in [0.15, 0.2) is 0 Å². The van der Waals surface area contributed by atoms with E-state index < -0.39 is 0 Å². The zero-order valence-electron chi connectivity index (χ0n) is 16.7. The molecule has 2 aliphatic rings. The van der Waals surface area contributed by atoms with E-state index in [1.165, 1.54) is 22.3 Å². The molecule has 0 aliphatic heterocycles. The molecule has 0 heterocycles. The lowest BCUT2D eigenvalue weighted by Crippen LogP contribution is -2.05. The van der Waals surface area contributed by atoms with E-state index >= 15 is 0 Å². The highest BCUT2D eigenvalue weighted by Gasteiger charge is 2.20. The SMILES string of the molecule is C[C@H](CC(C1=CC=CC1)=C(c1ccc(O)cc1)c1ccc(O)cc1)C1=CC=CC1. The van der Waals surface area contributed by atoms with E-state index in [4.69, 9.17) is 0 Å². The maximum atomic E-state index is 9.80. The van der Waals surface area contributed by atoms with Crippen LogP contribution in [0.25, 0.3) is 5.57 Å². The number of allylic oxidation sites excluding steroid dienone is 9. The molecule has 1 atom stereocenters. The van der Waals surface area contributed by atoms with Gasteiger partial charge >= 0.3 is 0 Å². The highest BCUT2D eigenvalue weighted by Crippen LogP contribution is 2.39. The Hall–Kier alpha value is -3.26. The first-order valence-corrected chi connectivity index (χ1v) is 10.2. The van der Waals surface area contributed by atoms with Crippen LogP contribution in [0.5, 0.6) is 11.5 Å². The quantitative estimate of drug-likeness (QED) is 0.584. The van der Waals surface area contributed by atoms with Gasteiger partial charge in [-0.2, -0.15) is 0 Å². The largest absolute Gasteiger partial charge is 0.508 e. The van der Waals surface area contributed by atoms with Crippen molar-refractivity contribution in [1.82, 2.24) is 0 Å². The molecule has 0 radical (unpaired) electrons. The Kier molecular flexibility index (Phi) is 5.53. The highest BCUT2D eigenvalue weighted by atomic mass is 16.3. The van der Waals surface area contributed by atoms with Crippen molar-refractivity contribution >= 4 is 5.57 Å². The molecule has 0 saturated heterocycles. The van der Waals surface area contributed by atoms with Gasteiger partial charge in [-0.1, -0.05) is 73.2 Å². The summed E-state index contributed by atoms with van der Waals surface area (Å²) in [7, 11) is 0. The Morgan fingerprint density at radius 3 is 1.83 bits per heavy atom. The Balaban J connectivity index is 1.86. The minimum atomic E-state index is 0.262. The molecule has 0 fully saturated rings. The van der Waals surface area contributed by atoms with Gasteiger partial charge in [-0.05, 0) is 77.3 Å². The molecular formula is C27H26O2.